The van der Waals surface area contributed by atoms with Gasteiger partial charge in [0.25, 0.3) is 0 Å². The van der Waals surface area contributed by atoms with Gasteiger partial charge in [-0.2, -0.15) is 0 Å². The third-order valence-electron chi connectivity index (χ3n) is 3.26. The molecule has 0 aromatic carbocycles. The second-order valence-electron chi connectivity index (χ2n) is 4.42. The minimum absolute atomic E-state index is 0.503. The highest BCUT2D eigenvalue weighted by Gasteiger charge is 2.33. The van der Waals surface area contributed by atoms with Crippen molar-refractivity contribution >= 4 is 0 Å². The fourth-order valence-corrected chi connectivity index (χ4v) is 2.10. The van der Waals surface area contributed by atoms with Crippen LogP contribution in [0.25, 0.3) is 0 Å². The topological polar surface area (TPSA) is 29.3 Å². The summed E-state index contributed by atoms with van der Waals surface area (Å²) in [5, 5.41) is 0. The molecule has 2 heteroatoms. The minimum Gasteiger partial charge on any atom is -0.328 e. The summed E-state index contributed by atoms with van der Waals surface area (Å²) in [7, 11) is 0. The molecule has 0 atom stereocenters. The zero-order valence-corrected chi connectivity index (χ0v) is 8.00. The van der Waals surface area contributed by atoms with Crippen molar-refractivity contribution in [3.05, 3.63) is 0 Å². The third kappa shape index (κ3) is 1.80. The van der Waals surface area contributed by atoms with E-state index in [0.717, 1.165) is 12.0 Å². The largest absolute Gasteiger partial charge is 0.328 e. The molecule has 2 aliphatic rings. The Balaban J connectivity index is 1.73. The number of hydrogen-bond acceptors (Lipinski definition) is 2. The molecular formula is C10H20N2. The van der Waals surface area contributed by atoms with Crippen molar-refractivity contribution in [2.75, 3.05) is 13.1 Å². The number of nitrogens with zero attached hydrogens (tertiary/aromatic N) is 1. The molecule has 12 heavy (non-hydrogen) atoms. The molecule has 70 valence electrons. The lowest BCUT2D eigenvalue weighted by molar-refractivity contribution is 0.111. The van der Waals surface area contributed by atoms with Gasteiger partial charge in [0.1, 0.15) is 0 Å². The molecule has 0 spiro atoms. The first-order valence-corrected chi connectivity index (χ1v) is 5.29. The zero-order chi connectivity index (χ0) is 8.55. The van der Waals surface area contributed by atoms with Crippen LogP contribution < -0.4 is 5.73 Å². The highest BCUT2D eigenvalue weighted by Crippen LogP contribution is 2.33. The van der Waals surface area contributed by atoms with Crippen LogP contribution in [-0.4, -0.2) is 30.1 Å². The molecule has 0 bridgehead atoms. The van der Waals surface area contributed by atoms with Gasteiger partial charge in [0.05, 0.1) is 0 Å². The van der Waals surface area contributed by atoms with E-state index in [-0.39, 0.29) is 0 Å². The first kappa shape index (κ1) is 8.52. The molecule has 2 N–H and O–H groups in total. The van der Waals surface area contributed by atoms with Gasteiger partial charge in [-0.1, -0.05) is 6.92 Å². The van der Waals surface area contributed by atoms with E-state index >= 15 is 0 Å². The highest BCUT2D eigenvalue weighted by molar-refractivity contribution is 4.91. The molecule has 0 aromatic heterocycles. The Hall–Kier alpha value is -0.0800. The Bertz CT molecular complexity index is 148. The van der Waals surface area contributed by atoms with Gasteiger partial charge in [0.15, 0.2) is 0 Å². The van der Waals surface area contributed by atoms with E-state index < -0.39 is 0 Å². The first-order valence-electron chi connectivity index (χ1n) is 5.29. The summed E-state index contributed by atoms with van der Waals surface area (Å²) >= 11 is 0. The van der Waals surface area contributed by atoms with Crippen LogP contribution in [0.3, 0.4) is 0 Å². The van der Waals surface area contributed by atoms with Crippen LogP contribution in [-0.2, 0) is 0 Å². The maximum Gasteiger partial charge on any atom is 0.0125 e. The van der Waals surface area contributed by atoms with E-state index in [4.69, 9.17) is 5.73 Å². The van der Waals surface area contributed by atoms with Gasteiger partial charge in [0.2, 0.25) is 0 Å². The Labute approximate surface area is 75.1 Å². The van der Waals surface area contributed by atoms with Gasteiger partial charge in [0, 0.05) is 18.6 Å². The van der Waals surface area contributed by atoms with Crippen molar-refractivity contribution in [3.8, 4) is 0 Å². The predicted octanol–water partition coefficient (Wildman–Crippen LogP) is 1.21. The monoisotopic (exact) mass is 168 g/mol. The Morgan fingerprint density at radius 3 is 2.42 bits per heavy atom. The molecule has 0 heterocycles. The molecule has 2 aliphatic carbocycles. The Morgan fingerprint density at radius 1 is 1.33 bits per heavy atom. The predicted molar refractivity (Wildman–Crippen MR) is 51.0 cm³/mol. The maximum absolute atomic E-state index is 5.78. The van der Waals surface area contributed by atoms with E-state index in [2.05, 4.69) is 11.8 Å². The number of rotatable bonds is 4. The molecule has 0 aromatic rings. The standard InChI is InChI=1S/C10H20N2/c1-2-12(7-8-3-4-8)10-5-9(11)6-10/h8-10H,2-7,11H2,1H3. The zero-order valence-electron chi connectivity index (χ0n) is 8.00. The molecule has 0 amide bonds. The van der Waals surface area contributed by atoms with E-state index in [1.165, 1.54) is 38.8 Å². The van der Waals surface area contributed by atoms with Gasteiger partial charge >= 0.3 is 0 Å². The van der Waals surface area contributed by atoms with Crippen LogP contribution in [0.15, 0.2) is 0 Å². The van der Waals surface area contributed by atoms with Crippen LogP contribution in [0.2, 0.25) is 0 Å². The lowest BCUT2D eigenvalue weighted by atomic mass is 9.86. The van der Waals surface area contributed by atoms with E-state index in [1.807, 2.05) is 0 Å². The minimum atomic E-state index is 0.503. The second-order valence-corrected chi connectivity index (χ2v) is 4.42. The normalized spacial score (nSPS) is 35.2. The SMILES string of the molecule is CCN(CC1CC1)C1CC(N)C1. The molecule has 0 radical (unpaired) electrons. The average Bonchev–Trinajstić information content (AvgIpc) is 2.78. The number of hydrogen-bond donors (Lipinski definition) is 1. The van der Waals surface area contributed by atoms with Gasteiger partial charge in [-0.15, -0.1) is 0 Å². The number of nitrogens with two attached hydrogens (primary N) is 1. The Morgan fingerprint density at radius 2 is 2.00 bits per heavy atom. The Kier molecular flexibility index (Phi) is 2.37. The van der Waals surface area contributed by atoms with Crippen molar-refractivity contribution in [2.24, 2.45) is 11.7 Å². The summed E-state index contributed by atoms with van der Waals surface area (Å²) in [6.07, 6.45) is 5.41. The summed E-state index contributed by atoms with van der Waals surface area (Å²) < 4.78 is 0. The van der Waals surface area contributed by atoms with Crippen molar-refractivity contribution in [1.82, 2.24) is 4.90 Å². The van der Waals surface area contributed by atoms with Crippen molar-refractivity contribution in [1.29, 1.82) is 0 Å². The van der Waals surface area contributed by atoms with E-state index in [1.54, 1.807) is 0 Å². The molecule has 2 fully saturated rings. The quantitative estimate of drug-likeness (QED) is 0.683. The van der Waals surface area contributed by atoms with E-state index in [9.17, 15) is 0 Å². The smallest absolute Gasteiger partial charge is 0.0125 e. The van der Waals surface area contributed by atoms with Gasteiger partial charge in [-0.25, -0.2) is 0 Å². The second kappa shape index (κ2) is 3.35. The van der Waals surface area contributed by atoms with Crippen molar-refractivity contribution < 1.29 is 0 Å². The fourth-order valence-electron chi connectivity index (χ4n) is 2.10. The van der Waals surface area contributed by atoms with Crippen LogP contribution in [0, 0.1) is 5.92 Å². The summed E-state index contributed by atoms with van der Waals surface area (Å²) in [5.74, 6) is 1.03. The summed E-state index contributed by atoms with van der Waals surface area (Å²) in [4.78, 5) is 2.63. The molecular weight excluding hydrogens is 148 g/mol. The van der Waals surface area contributed by atoms with Gasteiger partial charge < -0.3 is 10.6 Å². The summed E-state index contributed by atoms with van der Waals surface area (Å²) in [6, 6.07) is 1.33. The van der Waals surface area contributed by atoms with Crippen molar-refractivity contribution in [3.63, 3.8) is 0 Å². The van der Waals surface area contributed by atoms with Gasteiger partial charge in [-0.05, 0) is 38.1 Å². The average molecular weight is 168 g/mol. The first-order chi connectivity index (χ1) is 5.79. The molecule has 0 saturated heterocycles. The lowest BCUT2D eigenvalue weighted by Crippen LogP contribution is -2.51. The van der Waals surface area contributed by atoms with Crippen LogP contribution in [0.5, 0.6) is 0 Å². The van der Waals surface area contributed by atoms with Gasteiger partial charge in [-0.3, -0.25) is 0 Å². The van der Waals surface area contributed by atoms with Crippen LogP contribution in [0.1, 0.15) is 32.6 Å². The highest BCUT2D eigenvalue weighted by atomic mass is 15.2. The summed E-state index contributed by atoms with van der Waals surface area (Å²) in [5.41, 5.74) is 5.78. The molecule has 0 aliphatic heterocycles. The van der Waals surface area contributed by atoms with Crippen LogP contribution in [0.4, 0.5) is 0 Å². The van der Waals surface area contributed by atoms with E-state index in [0.29, 0.717) is 6.04 Å². The molecule has 0 unspecified atom stereocenters. The fraction of sp³-hybridized carbons (Fsp3) is 1.00. The lowest BCUT2D eigenvalue weighted by Gasteiger charge is -2.41. The van der Waals surface area contributed by atoms with Crippen molar-refractivity contribution in [2.45, 2.75) is 44.7 Å². The molecule has 2 rings (SSSR count). The third-order valence-corrected chi connectivity index (χ3v) is 3.26. The molecule has 2 nitrogen and oxygen atoms in total. The van der Waals surface area contributed by atoms with Crippen LogP contribution >= 0.6 is 0 Å². The maximum atomic E-state index is 5.78. The molecule has 2 saturated carbocycles. The summed E-state index contributed by atoms with van der Waals surface area (Å²) in [6.45, 7) is 4.83.